The van der Waals surface area contributed by atoms with E-state index in [1.165, 1.54) is 28.3 Å². The van der Waals surface area contributed by atoms with E-state index < -0.39 is 13.2 Å². The van der Waals surface area contributed by atoms with Gasteiger partial charge in [0.2, 0.25) is 0 Å². The number of hydrogen-bond acceptors (Lipinski definition) is 4. The van der Waals surface area contributed by atoms with Crippen molar-refractivity contribution in [1.82, 2.24) is 4.90 Å². The van der Waals surface area contributed by atoms with Crippen molar-refractivity contribution in [2.75, 3.05) is 28.3 Å². The minimum absolute atomic E-state index is 0.650. The summed E-state index contributed by atoms with van der Waals surface area (Å²) < 4.78 is 20.2. The van der Waals surface area contributed by atoms with Crippen molar-refractivity contribution < 1.29 is 18.4 Å². The van der Waals surface area contributed by atoms with Crippen LogP contribution in [-0.4, -0.2) is 38.9 Å². The van der Waals surface area contributed by atoms with Gasteiger partial charge in [0.1, 0.15) is 0 Å². The largest absolute Gasteiger partial charge is 0.417 e. The molecule has 0 atom stereocenters. The highest BCUT2D eigenvalue weighted by molar-refractivity contribution is 7.71. The lowest BCUT2D eigenvalue weighted by Crippen LogP contribution is -2.21. The molecule has 1 amide bonds. The Kier molecular flexibility index (Phi) is 3.72. The SMILES string of the molecule is COP(=O)(OC)C(=O)N(C)C. The maximum Gasteiger partial charge on any atom is 0.417 e. The zero-order valence-electron chi connectivity index (χ0n) is 7.03. The zero-order chi connectivity index (χ0) is 9.07. The van der Waals surface area contributed by atoms with Gasteiger partial charge in [0.15, 0.2) is 0 Å². The minimum atomic E-state index is -3.54. The van der Waals surface area contributed by atoms with Gasteiger partial charge in [0, 0.05) is 28.3 Å². The summed E-state index contributed by atoms with van der Waals surface area (Å²) in [4.78, 5) is 12.2. The average molecular weight is 181 g/mol. The molecule has 11 heavy (non-hydrogen) atoms. The lowest BCUT2D eigenvalue weighted by molar-refractivity contribution is 0.216. The summed E-state index contributed by atoms with van der Waals surface area (Å²) in [5.41, 5.74) is -0.650. The number of amides is 1. The Morgan fingerprint density at radius 1 is 1.27 bits per heavy atom. The van der Waals surface area contributed by atoms with E-state index in [9.17, 15) is 9.36 Å². The Morgan fingerprint density at radius 2 is 1.64 bits per heavy atom. The Balaban J connectivity index is 4.52. The van der Waals surface area contributed by atoms with Crippen LogP contribution in [0.2, 0.25) is 0 Å². The first-order chi connectivity index (χ1) is 4.98. The van der Waals surface area contributed by atoms with Gasteiger partial charge < -0.3 is 13.9 Å². The van der Waals surface area contributed by atoms with E-state index in [-0.39, 0.29) is 0 Å². The molecular formula is C5H12NO4P. The third kappa shape index (κ3) is 2.29. The molecule has 0 fully saturated rings. The molecule has 0 spiro atoms. The van der Waals surface area contributed by atoms with Gasteiger partial charge in [-0.25, -0.2) is 4.57 Å². The second-order valence-corrected chi connectivity index (χ2v) is 4.15. The van der Waals surface area contributed by atoms with Crippen LogP contribution in [0.5, 0.6) is 0 Å². The third-order valence-electron chi connectivity index (χ3n) is 1.10. The second-order valence-electron chi connectivity index (χ2n) is 2.04. The van der Waals surface area contributed by atoms with E-state index in [1.807, 2.05) is 0 Å². The molecule has 0 rings (SSSR count). The Morgan fingerprint density at radius 3 is 1.73 bits per heavy atom. The van der Waals surface area contributed by atoms with Gasteiger partial charge in [-0.2, -0.15) is 0 Å². The fraction of sp³-hybridized carbons (Fsp3) is 0.800. The third-order valence-corrected chi connectivity index (χ3v) is 2.93. The van der Waals surface area contributed by atoms with Gasteiger partial charge in [-0.15, -0.1) is 0 Å². The molecule has 0 aliphatic carbocycles. The topological polar surface area (TPSA) is 55.8 Å². The Bertz CT molecular complexity index is 183. The van der Waals surface area contributed by atoms with Crippen molar-refractivity contribution in [3.05, 3.63) is 0 Å². The van der Waals surface area contributed by atoms with Crippen molar-refractivity contribution in [2.45, 2.75) is 0 Å². The fourth-order valence-electron chi connectivity index (χ4n) is 0.476. The predicted octanol–water partition coefficient (Wildman–Crippen LogP) is 1.15. The first-order valence-corrected chi connectivity index (χ1v) is 4.45. The maximum absolute atomic E-state index is 11.3. The van der Waals surface area contributed by atoms with E-state index >= 15 is 0 Å². The van der Waals surface area contributed by atoms with Crippen molar-refractivity contribution >= 4 is 13.2 Å². The van der Waals surface area contributed by atoms with E-state index in [0.717, 1.165) is 4.90 Å². The van der Waals surface area contributed by atoms with Crippen molar-refractivity contribution in [1.29, 1.82) is 0 Å². The minimum Gasteiger partial charge on any atom is -0.338 e. The molecule has 0 aromatic rings. The number of nitrogens with zero attached hydrogens (tertiary/aromatic N) is 1. The summed E-state index contributed by atoms with van der Waals surface area (Å²) in [7, 11) is 1.76. The first kappa shape index (κ1) is 10.6. The monoisotopic (exact) mass is 181 g/mol. The van der Waals surface area contributed by atoms with Gasteiger partial charge in [0.05, 0.1) is 0 Å². The molecule has 6 heteroatoms. The maximum atomic E-state index is 11.3. The summed E-state index contributed by atoms with van der Waals surface area (Å²) in [6.45, 7) is 0. The van der Waals surface area contributed by atoms with Gasteiger partial charge in [-0.3, -0.25) is 4.79 Å². The summed E-state index contributed by atoms with van der Waals surface area (Å²) >= 11 is 0. The molecule has 0 bridgehead atoms. The first-order valence-electron chi connectivity index (χ1n) is 2.91. The molecule has 66 valence electrons. The Hall–Kier alpha value is -0.380. The molecular weight excluding hydrogens is 169 g/mol. The predicted molar refractivity (Wildman–Crippen MR) is 40.7 cm³/mol. The highest BCUT2D eigenvalue weighted by Gasteiger charge is 2.33. The van der Waals surface area contributed by atoms with Crippen LogP contribution in [0.3, 0.4) is 0 Å². The van der Waals surface area contributed by atoms with Crippen molar-refractivity contribution in [3.63, 3.8) is 0 Å². The molecule has 0 radical (unpaired) electrons. The van der Waals surface area contributed by atoms with Crippen LogP contribution in [0.1, 0.15) is 0 Å². The van der Waals surface area contributed by atoms with E-state index in [2.05, 4.69) is 9.05 Å². The van der Waals surface area contributed by atoms with Crippen molar-refractivity contribution in [3.8, 4) is 0 Å². The van der Waals surface area contributed by atoms with E-state index in [0.29, 0.717) is 0 Å². The van der Waals surface area contributed by atoms with Crippen molar-refractivity contribution in [2.24, 2.45) is 0 Å². The van der Waals surface area contributed by atoms with E-state index in [4.69, 9.17) is 0 Å². The molecule has 5 nitrogen and oxygen atoms in total. The van der Waals surface area contributed by atoms with E-state index in [1.54, 1.807) is 0 Å². The van der Waals surface area contributed by atoms with Crippen LogP contribution in [0.4, 0.5) is 4.79 Å². The summed E-state index contributed by atoms with van der Waals surface area (Å²) in [6, 6.07) is 0. The molecule has 0 aromatic carbocycles. The zero-order valence-corrected chi connectivity index (χ0v) is 7.92. The van der Waals surface area contributed by atoms with Crippen LogP contribution >= 0.6 is 7.60 Å². The molecule has 0 heterocycles. The summed E-state index contributed by atoms with van der Waals surface area (Å²) in [5.74, 6) is 0. The Labute approximate surface area is 65.8 Å². The second kappa shape index (κ2) is 3.85. The lowest BCUT2D eigenvalue weighted by atomic mass is 11.0. The molecule has 0 saturated heterocycles. The normalized spacial score (nSPS) is 11.3. The summed E-state index contributed by atoms with van der Waals surface area (Å²) in [5, 5.41) is 0. The van der Waals surface area contributed by atoms with Gasteiger partial charge >= 0.3 is 13.2 Å². The van der Waals surface area contributed by atoms with Gasteiger partial charge in [0.25, 0.3) is 0 Å². The lowest BCUT2D eigenvalue weighted by Gasteiger charge is -2.16. The highest BCUT2D eigenvalue weighted by Crippen LogP contribution is 2.48. The number of hydrogen-bond donors (Lipinski definition) is 0. The quantitative estimate of drug-likeness (QED) is 0.613. The summed E-state index contributed by atoms with van der Waals surface area (Å²) in [6.07, 6.45) is 0. The van der Waals surface area contributed by atoms with Gasteiger partial charge in [-0.1, -0.05) is 0 Å². The smallest absolute Gasteiger partial charge is 0.338 e. The van der Waals surface area contributed by atoms with Crippen LogP contribution in [0.25, 0.3) is 0 Å². The molecule has 0 unspecified atom stereocenters. The van der Waals surface area contributed by atoms with Gasteiger partial charge in [-0.05, 0) is 0 Å². The molecule has 0 saturated carbocycles. The standard InChI is InChI=1S/C5H12NO4P/c1-6(2)5(7)11(8,9-3)10-4/h1-4H3. The number of carbonyl (C=O) groups excluding carboxylic acids is 1. The number of rotatable bonds is 3. The van der Waals surface area contributed by atoms with Crippen LogP contribution in [0.15, 0.2) is 0 Å². The van der Waals surface area contributed by atoms with Crippen LogP contribution in [0, 0.1) is 0 Å². The van der Waals surface area contributed by atoms with Crippen LogP contribution < -0.4 is 0 Å². The molecule has 0 N–H and O–H groups in total. The number of carbonyl (C=O) groups is 1. The molecule has 0 aliphatic rings. The van der Waals surface area contributed by atoms with Crippen LogP contribution in [-0.2, 0) is 13.6 Å². The molecule has 0 aromatic heterocycles. The average Bonchev–Trinajstić information content (AvgIpc) is 2.01. The molecule has 0 aliphatic heterocycles. The highest BCUT2D eigenvalue weighted by atomic mass is 31.2. The fourth-order valence-corrected chi connectivity index (χ4v) is 1.43.